The number of anilines is 1. The number of amides is 4. The van der Waals surface area contributed by atoms with Crippen LogP contribution < -0.4 is 15.0 Å². The molecule has 0 radical (unpaired) electrons. The fraction of sp³-hybridized carbons (Fsp3) is 0.160. The smallest absolute Gasteiger partial charge is 0.416 e. The van der Waals surface area contributed by atoms with Gasteiger partial charge < -0.3 is 4.74 Å². The first-order valence-electron chi connectivity index (χ1n) is 10.4. The molecule has 1 aliphatic rings. The minimum Gasteiger partial charge on any atom is -0.490 e. The van der Waals surface area contributed by atoms with Gasteiger partial charge in [0.2, 0.25) is 0 Å². The monoisotopic (exact) mass is 502 g/mol. The summed E-state index contributed by atoms with van der Waals surface area (Å²) >= 11 is 6.05. The van der Waals surface area contributed by atoms with Gasteiger partial charge in [0.25, 0.3) is 11.8 Å². The van der Waals surface area contributed by atoms with E-state index < -0.39 is 40.8 Å². The van der Waals surface area contributed by atoms with E-state index in [-0.39, 0.29) is 11.1 Å². The average molecular weight is 503 g/mol. The van der Waals surface area contributed by atoms with Crippen molar-refractivity contribution in [3.05, 3.63) is 76.3 Å². The van der Waals surface area contributed by atoms with Gasteiger partial charge >= 0.3 is 12.2 Å². The first kappa shape index (κ1) is 24.3. The van der Waals surface area contributed by atoms with E-state index in [1.54, 1.807) is 32.0 Å². The Kier molecular flexibility index (Phi) is 6.29. The Morgan fingerprint density at radius 3 is 2.43 bits per heavy atom. The summed E-state index contributed by atoms with van der Waals surface area (Å²) in [6.07, 6.45) is -3.71. The quantitative estimate of drug-likeness (QED) is 0.352. The molecule has 1 heterocycles. The number of rotatable bonds is 4. The molecule has 0 spiro atoms. The van der Waals surface area contributed by atoms with E-state index in [4.69, 9.17) is 16.3 Å². The second-order valence-corrected chi connectivity index (χ2v) is 8.39. The van der Waals surface area contributed by atoms with E-state index in [0.29, 0.717) is 27.7 Å². The Labute approximate surface area is 202 Å². The van der Waals surface area contributed by atoms with Crippen molar-refractivity contribution in [3.8, 4) is 5.75 Å². The summed E-state index contributed by atoms with van der Waals surface area (Å²) in [5.74, 6) is -1.74. The normalized spacial score (nSPS) is 15.8. The number of hydrogen-bond acceptors (Lipinski definition) is 4. The largest absolute Gasteiger partial charge is 0.490 e. The number of nitrogens with zero attached hydrogens (tertiary/aromatic N) is 1. The van der Waals surface area contributed by atoms with Gasteiger partial charge in [0, 0.05) is 5.56 Å². The van der Waals surface area contributed by atoms with Crippen LogP contribution in [0.5, 0.6) is 5.75 Å². The standard InChI is InChI=1S/C25H18ClF3N2O4/c1-13(2)35-21-10-7-14-5-3-4-6-16(14)17(21)12-18-22(32)30-24(34)31(23(18)33)20-11-15(25(27,28)29)8-9-19(20)26/h3-13H,1-2H3,(H,30,32,34)/b18-12-. The van der Waals surface area contributed by atoms with Crippen LogP contribution in [0, 0.1) is 0 Å². The minimum absolute atomic E-state index is 0.230. The van der Waals surface area contributed by atoms with Crippen molar-refractivity contribution in [2.75, 3.05) is 4.90 Å². The predicted octanol–water partition coefficient (Wildman–Crippen LogP) is 5.97. The lowest BCUT2D eigenvalue weighted by Crippen LogP contribution is -2.54. The topological polar surface area (TPSA) is 75.7 Å². The predicted molar refractivity (Wildman–Crippen MR) is 125 cm³/mol. The SMILES string of the molecule is CC(C)Oc1ccc2ccccc2c1/C=C1/C(=O)NC(=O)N(c2cc(C(F)(F)F)ccc2Cl)C1=O. The van der Waals surface area contributed by atoms with Gasteiger partial charge in [-0.25, -0.2) is 9.69 Å². The number of imide groups is 2. The molecule has 1 saturated heterocycles. The number of nitrogens with one attached hydrogen (secondary N) is 1. The molecule has 3 aromatic rings. The number of hydrogen-bond donors (Lipinski definition) is 1. The van der Waals surface area contributed by atoms with E-state index in [0.717, 1.165) is 17.5 Å². The summed E-state index contributed by atoms with van der Waals surface area (Å²) in [5, 5.41) is 3.19. The van der Waals surface area contributed by atoms with Crippen molar-refractivity contribution in [1.29, 1.82) is 0 Å². The fourth-order valence-electron chi connectivity index (χ4n) is 3.66. The van der Waals surface area contributed by atoms with Crippen molar-refractivity contribution in [2.45, 2.75) is 26.1 Å². The molecule has 1 aliphatic heterocycles. The highest BCUT2D eigenvalue weighted by Gasteiger charge is 2.39. The van der Waals surface area contributed by atoms with Crippen LogP contribution in [0.1, 0.15) is 25.0 Å². The number of carbonyl (C=O) groups excluding carboxylic acids is 3. The molecule has 4 rings (SSSR count). The second-order valence-electron chi connectivity index (χ2n) is 7.99. The van der Waals surface area contributed by atoms with Gasteiger partial charge in [0.15, 0.2) is 0 Å². The second kappa shape index (κ2) is 9.07. The average Bonchev–Trinajstić information content (AvgIpc) is 2.77. The van der Waals surface area contributed by atoms with E-state index in [1.807, 2.05) is 23.5 Å². The molecule has 35 heavy (non-hydrogen) atoms. The van der Waals surface area contributed by atoms with Gasteiger partial charge in [-0.15, -0.1) is 0 Å². The summed E-state index contributed by atoms with van der Waals surface area (Å²) in [6, 6.07) is 11.7. The minimum atomic E-state index is -4.74. The summed E-state index contributed by atoms with van der Waals surface area (Å²) in [7, 11) is 0. The van der Waals surface area contributed by atoms with Crippen molar-refractivity contribution >= 4 is 52.0 Å². The molecule has 10 heteroatoms. The zero-order chi connectivity index (χ0) is 25.5. The van der Waals surface area contributed by atoms with Gasteiger partial charge in [-0.2, -0.15) is 13.2 Å². The van der Waals surface area contributed by atoms with Crippen LogP contribution in [0.25, 0.3) is 16.8 Å². The van der Waals surface area contributed by atoms with Gasteiger partial charge in [-0.3, -0.25) is 14.9 Å². The van der Waals surface area contributed by atoms with Crippen LogP contribution >= 0.6 is 11.6 Å². The highest BCUT2D eigenvalue weighted by Crippen LogP contribution is 2.37. The molecule has 180 valence electrons. The Morgan fingerprint density at radius 1 is 1.03 bits per heavy atom. The molecular weight excluding hydrogens is 485 g/mol. The number of carbonyl (C=O) groups is 3. The first-order valence-corrected chi connectivity index (χ1v) is 10.8. The van der Waals surface area contributed by atoms with E-state index in [1.165, 1.54) is 6.08 Å². The van der Waals surface area contributed by atoms with Crippen LogP contribution in [0.2, 0.25) is 5.02 Å². The Balaban J connectivity index is 1.88. The molecule has 0 bridgehead atoms. The van der Waals surface area contributed by atoms with E-state index >= 15 is 0 Å². The Morgan fingerprint density at radius 2 is 1.74 bits per heavy atom. The first-order chi connectivity index (χ1) is 16.5. The maximum absolute atomic E-state index is 13.3. The van der Waals surface area contributed by atoms with Crippen LogP contribution in [-0.4, -0.2) is 23.9 Å². The van der Waals surface area contributed by atoms with Crippen molar-refractivity contribution < 1.29 is 32.3 Å². The van der Waals surface area contributed by atoms with Crippen molar-refractivity contribution in [1.82, 2.24) is 5.32 Å². The molecular formula is C25H18ClF3N2O4. The van der Waals surface area contributed by atoms with Crippen LogP contribution in [0.4, 0.5) is 23.7 Å². The Hall–Kier alpha value is -3.85. The fourth-order valence-corrected chi connectivity index (χ4v) is 3.86. The summed E-state index contributed by atoms with van der Waals surface area (Å²) < 4.78 is 45.6. The maximum atomic E-state index is 13.3. The molecule has 0 saturated carbocycles. The van der Waals surface area contributed by atoms with Crippen LogP contribution in [-0.2, 0) is 15.8 Å². The molecule has 1 N–H and O–H groups in total. The third-order valence-corrected chi connectivity index (χ3v) is 5.52. The number of benzene rings is 3. The van der Waals surface area contributed by atoms with E-state index in [2.05, 4.69) is 0 Å². The van der Waals surface area contributed by atoms with E-state index in [9.17, 15) is 27.6 Å². The van der Waals surface area contributed by atoms with Crippen molar-refractivity contribution in [2.24, 2.45) is 0 Å². The third kappa shape index (κ3) is 4.72. The molecule has 0 aromatic heterocycles. The molecule has 6 nitrogen and oxygen atoms in total. The third-order valence-electron chi connectivity index (χ3n) is 5.20. The Bertz CT molecular complexity index is 1400. The number of ether oxygens (including phenoxy) is 1. The highest BCUT2D eigenvalue weighted by molar-refractivity contribution is 6.42. The molecule has 0 unspecified atom stereocenters. The number of halogens is 4. The molecule has 4 amide bonds. The number of urea groups is 1. The van der Waals surface area contributed by atoms with Gasteiger partial charge in [-0.05, 0) is 55.0 Å². The zero-order valence-corrected chi connectivity index (χ0v) is 19.2. The lowest BCUT2D eigenvalue weighted by atomic mass is 9.99. The van der Waals surface area contributed by atoms with Gasteiger partial charge in [0.1, 0.15) is 11.3 Å². The lowest BCUT2D eigenvalue weighted by Gasteiger charge is -2.27. The summed E-state index contributed by atoms with van der Waals surface area (Å²) in [6.45, 7) is 3.61. The number of barbiturate groups is 1. The summed E-state index contributed by atoms with van der Waals surface area (Å²) in [5.41, 5.74) is -1.68. The zero-order valence-electron chi connectivity index (χ0n) is 18.4. The summed E-state index contributed by atoms with van der Waals surface area (Å²) in [4.78, 5) is 39.0. The van der Waals surface area contributed by atoms with Gasteiger partial charge in [0.05, 0.1) is 22.4 Å². The van der Waals surface area contributed by atoms with Crippen LogP contribution in [0.3, 0.4) is 0 Å². The molecule has 0 atom stereocenters. The molecule has 3 aromatic carbocycles. The molecule has 1 fully saturated rings. The van der Waals surface area contributed by atoms with Gasteiger partial charge in [-0.1, -0.05) is 41.9 Å². The highest BCUT2D eigenvalue weighted by atomic mass is 35.5. The maximum Gasteiger partial charge on any atom is 0.416 e. The number of fused-ring (bicyclic) bond motifs is 1. The molecule has 0 aliphatic carbocycles. The lowest BCUT2D eigenvalue weighted by molar-refractivity contribution is -0.137. The number of alkyl halides is 3. The van der Waals surface area contributed by atoms with Crippen molar-refractivity contribution in [3.63, 3.8) is 0 Å². The van der Waals surface area contributed by atoms with Crippen LogP contribution in [0.15, 0.2) is 60.2 Å².